The van der Waals surface area contributed by atoms with Crippen LogP contribution in [0.4, 0.5) is 11.5 Å². The van der Waals surface area contributed by atoms with Gasteiger partial charge in [0.05, 0.1) is 5.52 Å². The Kier molecular flexibility index (Phi) is 3.89. The molecule has 0 aliphatic rings. The first-order valence-corrected chi connectivity index (χ1v) is 6.92. The number of nitrogens with zero attached hydrogens (tertiary/aromatic N) is 2. The third-order valence-electron chi connectivity index (χ3n) is 3.16. The van der Waals surface area contributed by atoms with Crippen molar-refractivity contribution in [2.24, 2.45) is 0 Å². The van der Waals surface area contributed by atoms with E-state index in [1.165, 1.54) is 13.3 Å². The van der Waals surface area contributed by atoms with Gasteiger partial charge in [-0.25, -0.2) is 9.97 Å². The van der Waals surface area contributed by atoms with Gasteiger partial charge in [0.15, 0.2) is 0 Å². The molecule has 3 rings (SSSR count). The van der Waals surface area contributed by atoms with Gasteiger partial charge in [-0.05, 0) is 36.4 Å². The average molecular weight is 303 g/mol. The molecule has 0 unspecified atom stereocenters. The van der Waals surface area contributed by atoms with Gasteiger partial charge >= 0.3 is 5.97 Å². The molecule has 0 saturated carbocycles. The zero-order valence-electron chi connectivity index (χ0n) is 12.4. The van der Waals surface area contributed by atoms with Gasteiger partial charge in [-0.1, -0.05) is 12.0 Å². The molecule has 0 spiro atoms. The predicted octanol–water partition coefficient (Wildman–Crippen LogP) is 3.28. The summed E-state index contributed by atoms with van der Waals surface area (Å²) in [5, 5.41) is 3.96. The van der Waals surface area contributed by atoms with Crippen molar-refractivity contribution in [2.45, 2.75) is 6.92 Å². The van der Waals surface area contributed by atoms with Gasteiger partial charge < -0.3 is 10.1 Å². The Morgan fingerprint density at radius 2 is 2.09 bits per heavy atom. The number of esters is 1. The minimum Gasteiger partial charge on any atom is -0.427 e. The van der Waals surface area contributed by atoms with Crippen LogP contribution in [0.15, 0.2) is 48.8 Å². The van der Waals surface area contributed by atoms with Crippen LogP contribution >= 0.6 is 0 Å². The second kappa shape index (κ2) is 6.16. The highest BCUT2D eigenvalue weighted by Gasteiger charge is 2.07. The third kappa shape index (κ3) is 3.27. The molecule has 0 bridgehead atoms. The fourth-order valence-electron chi connectivity index (χ4n) is 2.19. The number of terminal acetylenes is 1. The van der Waals surface area contributed by atoms with Crippen molar-refractivity contribution in [2.75, 3.05) is 5.32 Å². The molecule has 0 fully saturated rings. The topological polar surface area (TPSA) is 64.1 Å². The quantitative estimate of drug-likeness (QED) is 0.457. The maximum atomic E-state index is 11.1. The van der Waals surface area contributed by atoms with E-state index >= 15 is 0 Å². The molecule has 0 atom stereocenters. The smallest absolute Gasteiger partial charge is 0.308 e. The summed E-state index contributed by atoms with van der Waals surface area (Å²) in [5.74, 6) is 3.27. The first kappa shape index (κ1) is 14.5. The molecule has 0 amide bonds. The number of anilines is 2. The lowest BCUT2D eigenvalue weighted by Crippen LogP contribution is -2.02. The molecule has 5 nitrogen and oxygen atoms in total. The summed E-state index contributed by atoms with van der Waals surface area (Å²) in [6.45, 7) is 1.36. The molecule has 2 aromatic carbocycles. The predicted molar refractivity (Wildman–Crippen MR) is 88.5 cm³/mol. The lowest BCUT2D eigenvalue weighted by molar-refractivity contribution is -0.131. The number of hydrogen-bond donors (Lipinski definition) is 1. The number of fused-ring (bicyclic) bond motifs is 1. The molecule has 3 aromatic rings. The molecule has 23 heavy (non-hydrogen) atoms. The molecule has 0 aliphatic carbocycles. The van der Waals surface area contributed by atoms with Gasteiger partial charge in [0.25, 0.3) is 0 Å². The monoisotopic (exact) mass is 303 g/mol. The average Bonchev–Trinajstić information content (AvgIpc) is 2.55. The number of ether oxygens (including phenoxy) is 1. The Morgan fingerprint density at radius 3 is 2.87 bits per heavy atom. The number of rotatable bonds is 3. The molecule has 0 radical (unpaired) electrons. The zero-order chi connectivity index (χ0) is 16.2. The Hall–Kier alpha value is -3.39. The van der Waals surface area contributed by atoms with Crippen LogP contribution < -0.4 is 10.1 Å². The van der Waals surface area contributed by atoms with E-state index in [4.69, 9.17) is 11.2 Å². The molecular formula is C18H13N3O2. The lowest BCUT2D eigenvalue weighted by Gasteiger charge is -2.10. The number of carbonyl (C=O) groups excluding carboxylic acids is 1. The zero-order valence-corrected chi connectivity index (χ0v) is 12.4. The van der Waals surface area contributed by atoms with Crippen molar-refractivity contribution in [1.82, 2.24) is 9.97 Å². The standard InChI is InChI=1S/C18H13N3O2/c1-3-13-5-4-6-14(9-13)21-18-16-10-15(23-12(2)22)7-8-17(16)19-11-20-18/h1,4-11H,2H3,(H,19,20,21). The number of aromatic nitrogens is 2. The van der Waals surface area contributed by atoms with E-state index in [-0.39, 0.29) is 5.97 Å². The van der Waals surface area contributed by atoms with Crippen molar-refractivity contribution in [3.8, 4) is 18.1 Å². The van der Waals surface area contributed by atoms with Gasteiger partial charge in [0.1, 0.15) is 17.9 Å². The molecule has 1 aromatic heterocycles. The van der Waals surface area contributed by atoms with E-state index in [0.29, 0.717) is 11.6 Å². The molecule has 1 heterocycles. The maximum Gasteiger partial charge on any atom is 0.308 e. The number of benzene rings is 2. The van der Waals surface area contributed by atoms with E-state index in [2.05, 4.69) is 21.2 Å². The molecule has 112 valence electrons. The fourth-order valence-corrected chi connectivity index (χ4v) is 2.19. The SMILES string of the molecule is C#Cc1cccc(Nc2ncnc3ccc(OC(C)=O)cc23)c1. The first-order chi connectivity index (χ1) is 11.2. The third-order valence-corrected chi connectivity index (χ3v) is 3.16. The van der Waals surface area contributed by atoms with Gasteiger partial charge in [0, 0.05) is 23.6 Å². The molecule has 1 N–H and O–H groups in total. The second-order valence-corrected chi connectivity index (χ2v) is 4.85. The maximum absolute atomic E-state index is 11.1. The Balaban J connectivity index is 2.02. The van der Waals surface area contributed by atoms with Crippen LogP contribution in [0.3, 0.4) is 0 Å². The summed E-state index contributed by atoms with van der Waals surface area (Å²) in [6.07, 6.45) is 6.89. The summed E-state index contributed by atoms with van der Waals surface area (Å²) in [4.78, 5) is 19.6. The highest BCUT2D eigenvalue weighted by Crippen LogP contribution is 2.27. The van der Waals surface area contributed by atoms with E-state index in [0.717, 1.165) is 22.2 Å². The number of hydrogen-bond acceptors (Lipinski definition) is 5. The minimum atomic E-state index is -0.377. The molecular weight excluding hydrogens is 290 g/mol. The summed E-state index contributed by atoms with van der Waals surface area (Å²) in [7, 11) is 0. The fraction of sp³-hybridized carbons (Fsp3) is 0.0556. The lowest BCUT2D eigenvalue weighted by atomic mass is 10.2. The van der Waals surface area contributed by atoms with Crippen LogP contribution in [0.1, 0.15) is 12.5 Å². The van der Waals surface area contributed by atoms with Gasteiger partial charge in [-0.15, -0.1) is 6.42 Å². The summed E-state index contributed by atoms with van der Waals surface area (Å²) in [6, 6.07) is 12.7. The highest BCUT2D eigenvalue weighted by molar-refractivity contribution is 5.92. The van der Waals surface area contributed by atoms with Crippen molar-refractivity contribution in [3.05, 3.63) is 54.4 Å². The largest absolute Gasteiger partial charge is 0.427 e. The normalized spacial score (nSPS) is 10.1. The van der Waals surface area contributed by atoms with Crippen molar-refractivity contribution < 1.29 is 9.53 Å². The van der Waals surface area contributed by atoms with Crippen LogP contribution in [-0.4, -0.2) is 15.9 Å². The van der Waals surface area contributed by atoms with Crippen LogP contribution in [0, 0.1) is 12.3 Å². The highest BCUT2D eigenvalue weighted by atomic mass is 16.5. The van der Waals surface area contributed by atoms with E-state index in [1.54, 1.807) is 18.2 Å². The van der Waals surface area contributed by atoms with Gasteiger partial charge in [0.2, 0.25) is 0 Å². The summed E-state index contributed by atoms with van der Waals surface area (Å²) in [5.41, 5.74) is 2.33. The van der Waals surface area contributed by atoms with Gasteiger partial charge in [-0.3, -0.25) is 4.79 Å². The Morgan fingerprint density at radius 1 is 1.22 bits per heavy atom. The van der Waals surface area contributed by atoms with Crippen molar-refractivity contribution in [1.29, 1.82) is 0 Å². The molecule has 5 heteroatoms. The minimum absolute atomic E-state index is 0.377. The summed E-state index contributed by atoms with van der Waals surface area (Å²) >= 11 is 0. The molecule has 0 aliphatic heterocycles. The Labute approximate surface area is 133 Å². The second-order valence-electron chi connectivity index (χ2n) is 4.85. The molecule has 0 saturated heterocycles. The first-order valence-electron chi connectivity index (χ1n) is 6.92. The number of nitrogens with one attached hydrogen (secondary N) is 1. The van der Waals surface area contributed by atoms with Crippen LogP contribution in [0.2, 0.25) is 0 Å². The van der Waals surface area contributed by atoms with E-state index < -0.39 is 0 Å². The van der Waals surface area contributed by atoms with E-state index in [1.807, 2.05) is 24.3 Å². The van der Waals surface area contributed by atoms with E-state index in [9.17, 15) is 4.79 Å². The number of carbonyl (C=O) groups is 1. The Bertz CT molecular complexity index is 929. The van der Waals surface area contributed by atoms with Crippen LogP contribution in [0.5, 0.6) is 5.75 Å². The van der Waals surface area contributed by atoms with Crippen LogP contribution in [-0.2, 0) is 4.79 Å². The van der Waals surface area contributed by atoms with Gasteiger partial charge in [-0.2, -0.15) is 0 Å². The van der Waals surface area contributed by atoms with Crippen molar-refractivity contribution >= 4 is 28.4 Å². The van der Waals surface area contributed by atoms with Crippen molar-refractivity contribution in [3.63, 3.8) is 0 Å². The van der Waals surface area contributed by atoms with Crippen LogP contribution in [0.25, 0.3) is 10.9 Å². The summed E-state index contributed by atoms with van der Waals surface area (Å²) < 4.78 is 5.12.